The van der Waals surface area contributed by atoms with Gasteiger partial charge in [-0.2, -0.15) is 0 Å². The lowest BCUT2D eigenvalue weighted by molar-refractivity contribution is 0.0683. The van der Waals surface area contributed by atoms with Gasteiger partial charge in [0.1, 0.15) is 18.2 Å². The Kier molecular flexibility index (Phi) is 1.91. The Hall–Kier alpha value is -2.37. The summed E-state index contributed by atoms with van der Waals surface area (Å²) >= 11 is 0. The van der Waals surface area contributed by atoms with E-state index in [9.17, 15) is 9.18 Å². The molecule has 0 unspecified atom stereocenters. The fraction of sp³-hybridized carbons (Fsp3) is 0.0909. The summed E-state index contributed by atoms with van der Waals surface area (Å²) in [4.78, 5) is 10.9. The maximum atomic E-state index is 13.1. The quantitative estimate of drug-likeness (QED) is 0.819. The van der Waals surface area contributed by atoms with Crippen LogP contribution in [0.4, 0.5) is 4.39 Å². The molecule has 1 aliphatic rings. The third-order valence-electron chi connectivity index (χ3n) is 2.55. The number of carbonyl (C=O) groups is 1. The van der Waals surface area contributed by atoms with Crippen LogP contribution in [0.2, 0.25) is 0 Å². The van der Waals surface area contributed by atoms with Crippen LogP contribution >= 0.6 is 0 Å². The summed E-state index contributed by atoms with van der Waals surface area (Å²) in [6.45, 7) is 0.0547. The Morgan fingerprint density at radius 1 is 1.47 bits per heavy atom. The van der Waals surface area contributed by atoms with Gasteiger partial charge in [-0.25, -0.2) is 9.18 Å². The van der Waals surface area contributed by atoms with Crippen molar-refractivity contribution in [2.45, 2.75) is 6.61 Å². The Bertz CT molecular complexity index is 620. The summed E-state index contributed by atoms with van der Waals surface area (Å²) in [6, 6.07) is 3.96. The average Bonchev–Trinajstić information content (AvgIpc) is 2.72. The van der Waals surface area contributed by atoms with Crippen LogP contribution in [0.5, 0.6) is 5.75 Å². The molecule has 17 heavy (non-hydrogen) atoms. The van der Waals surface area contributed by atoms with Crippen molar-refractivity contribution in [2.24, 2.45) is 0 Å². The van der Waals surface area contributed by atoms with E-state index in [1.807, 2.05) is 0 Å². The highest BCUT2D eigenvalue weighted by molar-refractivity contribution is 5.90. The molecule has 6 heteroatoms. The molecule has 0 fully saturated rings. The van der Waals surface area contributed by atoms with Gasteiger partial charge in [0.2, 0.25) is 0 Å². The predicted octanol–water partition coefficient (Wildman–Crippen LogP) is 2.07. The molecule has 1 aromatic heterocycles. The van der Waals surface area contributed by atoms with Crippen molar-refractivity contribution in [3.8, 4) is 17.1 Å². The zero-order valence-corrected chi connectivity index (χ0v) is 8.44. The fourth-order valence-electron chi connectivity index (χ4n) is 1.78. The highest BCUT2D eigenvalue weighted by Crippen LogP contribution is 2.39. The van der Waals surface area contributed by atoms with E-state index in [0.29, 0.717) is 16.9 Å². The van der Waals surface area contributed by atoms with Gasteiger partial charge in [0.25, 0.3) is 0 Å². The number of rotatable bonds is 1. The number of fused-ring (bicyclic) bond motifs is 3. The maximum absolute atomic E-state index is 13.1. The molecule has 2 aromatic rings. The normalized spacial score (nSPS) is 12.5. The maximum Gasteiger partial charge on any atom is 0.358 e. The molecule has 2 heterocycles. The minimum atomic E-state index is -1.20. The van der Waals surface area contributed by atoms with Gasteiger partial charge >= 0.3 is 5.97 Å². The number of hydrogen-bond acceptors (Lipinski definition) is 4. The molecular formula is C11H6FNO4. The number of carboxylic acids is 1. The second kappa shape index (κ2) is 3.31. The first-order valence-electron chi connectivity index (χ1n) is 4.81. The summed E-state index contributed by atoms with van der Waals surface area (Å²) in [6.07, 6.45) is 0. The van der Waals surface area contributed by atoms with Crippen molar-refractivity contribution >= 4 is 5.97 Å². The highest BCUT2D eigenvalue weighted by atomic mass is 19.1. The first-order valence-corrected chi connectivity index (χ1v) is 4.81. The molecule has 1 aliphatic heterocycles. The van der Waals surface area contributed by atoms with Crippen LogP contribution in [0.3, 0.4) is 0 Å². The summed E-state index contributed by atoms with van der Waals surface area (Å²) in [5.74, 6) is -0.943. The molecule has 1 N–H and O–H groups in total. The van der Waals surface area contributed by atoms with E-state index in [1.165, 1.54) is 18.2 Å². The number of carboxylic acid groups (broad SMARTS) is 1. The van der Waals surface area contributed by atoms with E-state index in [-0.39, 0.29) is 18.1 Å². The van der Waals surface area contributed by atoms with Gasteiger partial charge in [-0.3, -0.25) is 0 Å². The van der Waals surface area contributed by atoms with Gasteiger partial charge in [-0.1, -0.05) is 5.16 Å². The number of aromatic nitrogens is 1. The minimum Gasteiger partial charge on any atom is -0.488 e. The molecule has 0 spiro atoms. The van der Waals surface area contributed by atoms with Crippen molar-refractivity contribution in [1.82, 2.24) is 5.16 Å². The standard InChI is InChI=1S/C11H6FNO4/c12-5-1-2-8-6(3-5)10-7(4-16-8)9(11(14)15)13-17-10/h1-3H,4H2,(H,14,15). The second-order valence-electron chi connectivity index (χ2n) is 3.57. The van der Waals surface area contributed by atoms with E-state index in [2.05, 4.69) is 5.16 Å². The molecule has 3 rings (SSSR count). The third kappa shape index (κ3) is 1.37. The smallest absolute Gasteiger partial charge is 0.358 e. The molecule has 0 amide bonds. The highest BCUT2D eigenvalue weighted by Gasteiger charge is 2.28. The third-order valence-corrected chi connectivity index (χ3v) is 2.55. The zero-order valence-electron chi connectivity index (χ0n) is 8.44. The monoisotopic (exact) mass is 235 g/mol. The van der Waals surface area contributed by atoms with Crippen LogP contribution in [-0.2, 0) is 6.61 Å². The number of aromatic carboxylic acids is 1. The van der Waals surface area contributed by atoms with E-state index in [4.69, 9.17) is 14.4 Å². The summed E-state index contributed by atoms with van der Waals surface area (Å²) < 4.78 is 23.4. The van der Waals surface area contributed by atoms with Crippen molar-refractivity contribution in [3.05, 3.63) is 35.3 Å². The van der Waals surface area contributed by atoms with Gasteiger partial charge in [-0.15, -0.1) is 0 Å². The number of benzene rings is 1. The molecule has 0 saturated carbocycles. The van der Waals surface area contributed by atoms with Gasteiger partial charge in [0.15, 0.2) is 11.5 Å². The number of ether oxygens (including phenoxy) is 1. The van der Waals surface area contributed by atoms with Crippen molar-refractivity contribution in [3.63, 3.8) is 0 Å². The molecule has 0 aliphatic carbocycles. The van der Waals surface area contributed by atoms with Gasteiger partial charge < -0.3 is 14.4 Å². The lowest BCUT2D eigenvalue weighted by atomic mass is 10.0. The number of nitrogens with zero attached hydrogens (tertiary/aromatic N) is 1. The number of halogens is 1. The van der Waals surface area contributed by atoms with Crippen molar-refractivity contribution in [2.75, 3.05) is 0 Å². The SMILES string of the molecule is O=C(O)c1noc2c1COc1ccc(F)cc1-2. The van der Waals surface area contributed by atoms with E-state index in [1.54, 1.807) is 0 Å². The Morgan fingerprint density at radius 2 is 2.29 bits per heavy atom. The first kappa shape index (κ1) is 9.83. The molecule has 0 atom stereocenters. The molecular weight excluding hydrogens is 229 g/mol. The summed E-state index contributed by atoms with van der Waals surface area (Å²) in [5, 5.41) is 12.3. The van der Waals surface area contributed by atoms with E-state index in [0.717, 1.165) is 0 Å². The zero-order chi connectivity index (χ0) is 12.0. The fourth-order valence-corrected chi connectivity index (χ4v) is 1.78. The molecule has 0 bridgehead atoms. The van der Waals surface area contributed by atoms with Gasteiger partial charge in [-0.05, 0) is 18.2 Å². The lowest BCUT2D eigenvalue weighted by Crippen LogP contribution is -2.09. The average molecular weight is 235 g/mol. The van der Waals surface area contributed by atoms with Crippen LogP contribution < -0.4 is 4.74 Å². The van der Waals surface area contributed by atoms with Gasteiger partial charge in [0, 0.05) is 0 Å². The van der Waals surface area contributed by atoms with E-state index < -0.39 is 11.8 Å². The predicted molar refractivity (Wildman–Crippen MR) is 53.2 cm³/mol. The number of hydrogen-bond donors (Lipinski definition) is 1. The largest absolute Gasteiger partial charge is 0.488 e. The summed E-state index contributed by atoms with van der Waals surface area (Å²) in [7, 11) is 0. The minimum absolute atomic E-state index is 0.0547. The Balaban J connectivity index is 2.23. The first-order chi connectivity index (χ1) is 8.16. The van der Waals surface area contributed by atoms with Crippen LogP contribution in [0.1, 0.15) is 16.1 Å². The van der Waals surface area contributed by atoms with Crippen LogP contribution in [0, 0.1) is 5.82 Å². The molecule has 1 aromatic carbocycles. The Labute approximate surface area is 94.4 Å². The lowest BCUT2D eigenvalue weighted by Gasteiger charge is -2.15. The molecule has 0 radical (unpaired) electrons. The molecule has 5 nitrogen and oxygen atoms in total. The van der Waals surface area contributed by atoms with Gasteiger partial charge in [0.05, 0.1) is 11.1 Å². The van der Waals surface area contributed by atoms with Crippen LogP contribution in [0.25, 0.3) is 11.3 Å². The van der Waals surface area contributed by atoms with Crippen molar-refractivity contribution in [1.29, 1.82) is 0 Å². The molecule has 0 saturated heterocycles. The van der Waals surface area contributed by atoms with Crippen molar-refractivity contribution < 1.29 is 23.6 Å². The summed E-state index contributed by atoms with van der Waals surface area (Å²) in [5.41, 5.74) is 0.511. The topological polar surface area (TPSA) is 72.6 Å². The van der Waals surface area contributed by atoms with Crippen LogP contribution in [-0.4, -0.2) is 16.2 Å². The van der Waals surface area contributed by atoms with Crippen LogP contribution in [0.15, 0.2) is 22.7 Å². The molecule has 86 valence electrons. The Morgan fingerprint density at radius 3 is 3.06 bits per heavy atom. The second-order valence-corrected chi connectivity index (χ2v) is 3.57. The van der Waals surface area contributed by atoms with E-state index >= 15 is 0 Å².